The largest absolute Gasteiger partial charge is 0.465 e. The van der Waals surface area contributed by atoms with Gasteiger partial charge in [0.2, 0.25) is 0 Å². The van der Waals surface area contributed by atoms with Crippen LogP contribution < -0.4 is 0 Å². The van der Waals surface area contributed by atoms with E-state index in [1.165, 1.54) is 7.11 Å². The minimum atomic E-state index is -0.560. The Hall–Kier alpha value is -1.89. The number of methoxy groups -OCH3 is 1. The van der Waals surface area contributed by atoms with Crippen LogP contribution in [0.2, 0.25) is 0 Å². The standard InChI is InChI=1S/C16H19BrN2O4.C2H6/c1-9-18-13-10(15(21)22-5)6-7-11(17)14(13)19(9)8-12(20)23-16(2,3)4;1-2/h6-7H,8H2,1-5H3;1-2H3. The second kappa shape index (κ2) is 8.47. The number of halogens is 1. The number of hydrogen-bond acceptors (Lipinski definition) is 5. The lowest BCUT2D eigenvalue weighted by atomic mass is 10.2. The Balaban J connectivity index is 0.00000151. The molecule has 25 heavy (non-hydrogen) atoms. The summed E-state index contributed by atoms with van der Waals surface area (Å²) in [6.07, 6.45) is 0. The maximum Gasteiger partial charge on any atom is 0.340 e. The van der Waals surface area contributed by atoms with Gasteiger partial charge in [-0.1, -0.05) is 13.8 Å². The van der Waals surface area contributed by atoms with Crippen LogP contribution in [0.1, 0.15) is 50.8 Å². The van der Waals surface area contributed by atoms with Crippen molar-refractivity contribution in [1.82, 2.24) is 9.55 Å². The molecule has 2 rings (SSSR count). The van der Waals surface area contributed by atoms with Gasteiger partial charge in [-0.05, 0) is 55.8 Å². The molecule has 0 aliphatic heterocycles. The van der Waals surface area contributed by atoms with E-state index in [4.69, 9.17) is 9.47 Å². The van der Waals surface area contributed by atoms with E-state index in [0.717, 1.165) is 4.47 Å². The molecule has 0 saturated carbocycles. The topological polar surface area (TPSA) is 70.4 Å². The van der Waals surface area contributed by atoms with E-state index >= 15 is 0 Å². The fraction of sp³-hybridized carbons (Fsp3) is 0.500. The van der Waals surface area contributed by atoms with Gasteiger partial charge in [0.25, 0.3) is 0 Å². The summed E-state index contributed by atoms with van der Waals surface area (Å²) in [5, 5.41) is 0. The number of aromatic nitrogens is 2. The summed E-state index contributed by atoms with van der Waals surface area (Å²) in [5.41, 5.74) is 0.954. The van der Waals surface area contributed by atoms with Gasteiger partial charge >= 0.3 is 11.9 Å². The molecule has 0 atom stereocenters. The zero-order valence-corrected chi connectivity index (χ0v) is 17.4. The molecule has 0 amide bonds. The van der Waals surface area contributed by atoms with Crippen molar-refractivity contribution in [1.29, 1.82) is 0 Å². The van der Waals surface area contributed by atoms with Crippen molar-refractivity contribution in [3.05, 3.63) is 28.0 Å². The summed E-state index contributed by atoms with van der Waals surface area (Å²) >= 11 is 3.45. The monoisotopic (exact) mass is 412 g/mol. The number of nitrogens with zero attached hydrogens (tertiary/aromatic N) is 2. The maximum absolute atomic E-state index is 12.1. The Morgan fingerprint density at radius 1 is 1.24 bits per heavy atom. The second-order valence-corrected chi connectivity index (χ2v) is 6.97. The van der Waals surface area contributed by atoms with Crippen LogP contribution in [0, 0.1) is 6.92 Å². The SMILES string of the molecule is CC.COC(=O)c1ccc(Br)c2c1nc(C)n2CC(=O)OC(C)(C)C. The number of carbonyl (C=O) groups excluding carboxylic acids is 2. The lowest BCUT2D eigenvalue weighted by Crippen LogP contribution is -2.26. The van der Waals surface area contributed by atoms with Gasteiger partial charge in [-0.3, -0.25) is 4.79 Å². The zero-order chi connectivity index (χ0) is 19.4. The zero-order valence-electron chi connectivity index (χ0n) is 15.8. The molecule has 1 aromatic carbocycles. The number of benzene rings is 1. The van der Waals surface area contributed by atoms with Crippen LogP contribution in [0.5, 0.6) is 0 Å². The second-order valence-electron chi connectivity index (χ2n) is 6.12. The molecule has 0 spiro atoms. The van der Waals surface area contributed by atoms with E-state index < -0.39 is 11.6 Å². The van der Waals surface area contributed by atoms with Crippen LogP contribution in [-0.2, 0) is 20.8 Å². The highest BCUT2D eigenvalue weighted by Gasteiger charge is 2.22. The number of imidazole rings is 1. The highest BCUT2D eigenvalue weighted by atomic mass is 79.9. The molecule has 0 aliphatic rings. The van der Waals surface area contributed by atoms with Crippen molar-refractivity contribution < 1.29 is 19.1 Å². The van der Waals surface area contributed by atoms with Crippen molar-refractivity contribution >= 4 is 38.9 Å². The minimum Gasteiger partial charge on any atom is -0.465 e. The maximum atomic E-state index is 12.1. The molecular formula is C18H25BrN2O4. The van der Waals surface area contributed by atoms with Gasteiger partial charge in [0.15, 0.2) is 0 Å². The minimum absolute atomic E-state index is 0.0167. The molecule has 0 saturated heterocycles. The molecule has 0 fully saturated rings. The molecule has 0 bridgehead atoms. The van der Waals surface area contributed by atoms with E-state index in [1.807, 2.05) is 34.6 Å². The summed E-state index contributed by atoms with van der Waals surface area (Å²) < 4.78 is 12.6. The molecule has 7 heteroatoms. The first kappa shape index (κ1) is 21.2. The van der Waals surface area contributed by atoms with Crippen molar-refractivity contribution in [3.8, 4) is 0 Å². The Kier molecular flexibility index (Phi) is 7.17. The number of aryl methyl sites for hydroxylation is 1. The Morgan fingerprint density at radius 2 is 1.84 bits per heavy atom. The van der Waals surface area contributed by atoms with Crippen molar-refractivity contribution in [2.45, 2.75) is 53.7 Å². The normalized spacial score (nSPS) is 10.9. The molecule has 138 valence electrons. The van der Waals surface area contributed by atoms with Gasteiger partial charge in [-0.15, -0.1) is 0 Å². The fourth-order valence-corrected chi connectivity index (χ4v) is 2.81. The van der Waals surface area contributed by atoms with Gasteiger partial charge in [0.05, 0.1) is 18.2 Å². The number of hydrogen-bond donors (Lipinski definition) is 0. The summed E-state index contributed by atoms with van der Waals surface area (Å²) in [4.78, 5) is 28.4. The van der Waals surface area contributed by atoms with Crippen LogP contribution in [0.25, 0.3) is 11.0 Å². The van der Waals surface area contributed by atoms with Crippen LogP contribution in [0.15, 0.2) is 16.6 Å². The van der Waals surface area contributed by atoms with E-state index in [0.29, 0.717) is 22.4 Å². The van der Waals surface area contributed by atoms with Crippen LogP contribution in [0.4, 0.5) is 0 Å². The average Bonchev–Trinajstić information content (AvgIpc) is 2.84. The quantitative estimate of drug-likeness (QED) is 0.704. The summed E-state index contributed by atoms with van der Waals surface area (Å²) in [6, 6.07) is 3.38. The molecule has 2 aromatic rings. The smallest absolute Gasteiger partial charge is 0.340 e. The molecule has 1 heterocycles. The number of ether oxygens (including phenoxy) is 2. The first-order chi connectivity index (χ1) is 11.6. The van der Waals surface area contributed by atoms with E-state index in [-0.39, 0.29) is 12.5 Å². The predicted octanol–water partition coefficient (Wildman–Crippen LogP) is 4.26. The van der Waals surface area contributed by atoms with E-state index in [1.54, 1.807) is 23.6 Å². The molecule has 6 nitrogen and oxygen atoms in total. The summed E-state index contributed by atoms with van der Waals surface area (Å²) in [6.45, 7) is 11.2. The fourth-order valence-electron chi connectivity index (χ4n) is 2.28. The van der Waals surface area contributed by atoms with E-state index in [9.17, 15) is 9.59 Å². The number of fused-ring (bicyclic) bond motifs is 1. The third-order valence-electron chi connectivity index (χ3n) is 3.15. The average molecular weight is 413 g/mol. The summed E-state index contributed by atoms with van der Waals surface area (Å²) in [7, 11) is 1.32. The molecule has 0 aliphatic carbocycles. The first-order valence-corrected chi connectivity index (χ1v) is 8.89. The molecule has 0 N–H and O–H groups in total. The molecule has 0 radical (unpaired) electrons. The summed E-state index contributed by atoms with van der Waals surface area (Å²) in [5.74, 6) is -0.220. The number of esters is 2. The van der Waals surface area contributed by atoms with Gasteiger partial charge in [-0.25, -0.2) is 9.78 Å². The molecule has 1 aromatic heterocycles. The Labute approximate surface area is 156 Å². The lowest BCUT2D eigenvalue weighted by Gasteiger charge is -2.20. The van der Waals surface area contributed by atoms with Crippen molar-refractivity contribution in [3.63, 3.8) is 0 Å². The van der Waals surface area contributed by atoms with Gasteiger partial charge in [0.1, 0.15) is 23.5 Å². The van der Waals surface area contributed by atoms with Crippen LogP contribution in [0.3, 0.4) is 0 Å². The Morgan fingerprint density at radius 3 is 2.36 bits per heavy atom. The third kappa shape index (κ3) is 5.04. The van der Waals surface area contributed by atoms with E-state index in [2.05, 4.69) is 20.9 Å². The van der Waals surface area contributed by atoms with Crippen LogP contribution in [-0.4, -0.2) is 34.2 Å². The van der Waals surface area contributed by atoms with Crippen molar-refractivity contribution in [2.75, 3.05) is 7.11 Å². The predicted molar refractivity (Wildman–Crippen MR) is 101 cm³/mol. The van der Waals surface area contributed by atoms with Crippen molar-refractivity contribution in [2.24, 2.45) is 0 Å². The van der Waals surface area contributed by atoms with Gasteiger partial charge in [0, 0.05) is 4.47 Å². The van der Waals surface area contributed by atoms with Gasteiger partial charge in [-0.2, -0.15) is 0 Å². The first-order valence-electron chi connectivity index (χ1n) is 8.09. The van der Waals surface area contributed by atoms with Gasteiger partial charge < -0.3 is 14.0 Å². The third-order valence-corrected chi connectivity index (χ3v) is 3.79. The number of rotatable bonds is 3. The molecular weight excluding hydrogens is 388 g/mol. The number of carbonyl (C=O) groups is 2. The molecule has 0 unspecified atom stereocenters. The van der Waals surface area contributed by atoms with Crippen LogP contribution >= 0.6 is 15.9 Å². The lowest BCUT2D eigenvalue weighted by molar-refractivity contribution is -0.155. The highest BCUT2D eigenvalue weighted by Crippen LogP contribution is 2.28. The Bertz CT molecular complexity index is 775. The highest BCUT2D eigenvalue weighted by molar-refractivity contribution is 9.10.